The highest BCUT2D eigenvalue weighted by Crippen LogP contribution is 2.36. The minimum atomic E-state index is 0.0804. The molecule has 1 aromatic carbocycles. The number of carbonyl (C=O) groups is 1. The van der Waals surface area contributed by atoms with Gasteiger partial charge in [0.1, 0.15) is 0 Å². The number of halogens is 1. The second kappa shape index (κ2) is 9.85. The predicted molar refractivity (Wildman–Crippen MR) is 133 cm³/mol. The molecule has 2 fully saturated rings. The Morgan fingerprint density at radius 3 is 2.64 bits per heavy atom. The molecule has 3 heterocycles. The molecule has 0 bridgehead atoms. The summed E-state index contributed by atoms with van der Waals surface area (Å²) in [6.07, 6.45) is 9.48. The maximum atomic E-state index is 12.9. The van der Waals surface area contributed by atoms with Crippen molar-refractivity contribution in [3.05, 3.63) is 35.1 Å². The van der Waals surface area contributed by atoms with Gasteiger partial charge in [-0.25, -0.2) is 9.97 Å². The Bertz CT molecular complexity index is 1000. The molecule has 0 spiro atoms. The standard InChI is InChI=1S/C25H33ClN6O/c1-31-11-13-32(14-12-31)23-10-7-18(15-20(23)26)28-25-27-16-22-21(30-25)9-8-19(24(33)29-22)17-5-3-2-4-6-17/h7,10,15-17,19H,2-6,8-9,11-14H2,1H3,(H,29,33)(H,27,28,30). The summed E-state index contributed by atoms with van der Waals surface area (Å²) in [5.74, 6) is 1.25. The highest BCUT2D eigenvalue weighted by Gasteiger charge is 2.32. The van der Waals surface area contributed by atoms with E-state index in [9.17, 15) is 4.79 Å². The Kier molecular flexibility index (Phi) is 6.69. The summed E-state index contributed by atoms with van der Waals surface area (Å²) in [7, 11) is 2.15. The fraction of sp³-hybridized carbons (Fsp3) is 0.560. The van der Waals surface area contributed by atoms with Crippen molar-refractivity contribution in [2.45, 2.75) is 44.9 Å². The molecule has 1 amide bonds. The molecule has 1 atom stereocenters. The van der Waals surface area contributed by atoms with E-state index in [4.69, 9.17) is 16.6 Å². The zero-order chi connectivity index (χ0) is 22.8. The van der Waals surface area contributed by atoms with Gasteiger partial charge in [0.15, 0.2) is 0 Å². The van der Waals surface area contributed by atoms with Crippen molar-refractivity contribution in [1.29, 1.82) is 0 Å². The molecule has 7 nitrogen and oxygen atoms in total. The number of hydrogen-bond acceptors (Lipinski definition) is 6. The van der Waals surface area contributed by atoms with Gasteiger partial charge in [0.05, 0.1) is 28.3 Å². The van der Waals surface area contributed by atoms with Crippen LogP contribution in [0.3, 0.4) is 0 Å². The molecule has 2 aromatic rings. The van der Waals surface area contributed by atoms with Crippen molar-refractivity contribution in [1.82, 2.24) is 14.9 Å². The lowest BCUT2D eigenvalue weighted by molar-refractivity contribution is -0.122. The summed E-state index contributed by atoms with van der Waals surface area (Å²) >= 11 is 6.62. The first-order valence-corrected chi connectivity index (χ1v) is 12.6. The van der Waals surface area contributed by atoms with E-state index in [1.807, 2.05) is 12.1 Å². The van der Waals surface area contributed by atoms with E-state index in [2.05, 4.69) is 38.5 Å². The Labute approximate surface area is 200 Å². The number of nitrogens with zero attached hydrogens (tertiary/aromatic N) is 4. The predicted octanol–water partition coefficient (Wildman–Crippen LogP) is 4.71. The normalized spacial score (nSPS) is 22.4. The lowest BCUT2D eigenvalue weighted by atomic mass is 9.78. The fourth-order valence-electron chi connectivity index (χ4n) is 5.42. The SMILES string of the molecule is CN1CCN(c2ccc(Nc3ncc4c(n3)CCC(C3CCCCC3)C(=O)N4)cc2Cl)CC1. The Hall–Kier alpha value is -2.38. The monoisotopic (exact) mass is 468 g/mol. The van der Waals surface area contributed by atoms with Crippen LogP contribution in [0, 0.1) is 11.8 Å². The molecule has 1 unspecified atom stereocenters. The summed E-state index contributed by atoms with van der Waals surface area (Å²) in [5, 5.41) is 7.11. The molecule has 2 aliphatic heterocycles. The quantitative estimate of drug-likeness (QED) is 0.677. The van der Waals surface area contributed by atoms with Gasteiger partial charge in [0, 0.05) is 37.8 Å². The van der Waals surface area contributed by atoms with Gasteiger partial charge in [0.2, 0.25) is 11.9 Å². The minimum absolute atomic E-state index is 0.0804. The van der Waals surface area contributed by atoms with Crippen LogP contribution < -0.4 is 15.5 Å². The smallest absolute Gasteiger partial charge is 0.227 e. The molecule has 2 N–H and O–H groups in total. The van der Waals surface area contributed by atoms with Crippen LogP contribution in [0.1, 0.15) is 44.2 Å². The average Bonchev–Trinajstić information content (AvgIpc) is 2.98. The lowest BCUT2D eigenvalue weighted by Gasteiger charge is -2.34. The van der Waals surface area contributed by atoms with E-state index >= 15 is 0 Å². The molecule has 176 valence electrons. The minimum Gasteiger partial charge on any atom is -0.368 e. The zero-order valence-corrected chi connectivity index (χ0v) is 20.1. The van der Waals surface area contributed by atoms with Gasteiger partial charge in [-0.2, -0.15) is 0 Å². The molecule has 5 rings (SSSR count). The van der Waals surface area contributed by atoms with Crippen molar-refractivity contribution in [2.24, 2.45) is 11.8 Å². The molecule has 1 saturated carbocycles. The van der Waals surface area contributed by atoms with E-state index in [-0.39, 0.29) is 11.8 Å². The molecule has 8 heteroatoms. The molecular weight excluding hydrogens is 436 g/mol. The van der Waals surface area contributed by atoms with Gasteiger partial charge in [-0.1, -0.05) is 30.9 Å². The number of aromatic nitrogens is 2. The van der Waals surface area contributed by atoms with E-state index < -0.39 is 0 Å². The van der Waals surface area contributed by atoms with Crippen LogP contribution >= 0.6 is 11.6 Å². The van der Waals surface area contributed by atoms with Crippen LogP contribution in [-0.4, -0.2) is 54.0 Å². The van der Waals surface area contributed by atoms with Crippen LogP contribution in [0.2, 0.25) is 5.02 Å². The third-order valence-electron chi connectivity index (χ3n) is 7.42. The number of hydrogen-bond donors (Lipinski definition) is 2. The van der Waals surface area contributed by atoms with Crippen molar-refractivity contribution >= 4 is 40.5 Å². The van der Waals surface area contributed by atoms with Gasteiger partial charge in [-0.15, -0.1) is 0 Å². The van der Waals surface area contributed by atoms with Crippen LogP contribution in [0.25, 0.3) is 0 Å². The highest BCUT2D eigenvalue weighted by atomic mass is 35.5. The second-order valence-electron chi connectivity index (χ2n) is 9.67. The van der Waals surface area contributed by atoms with E-state index in [1.54, 1.807) is 6.20 Å². The van der Waals surface area contributed by atoms with Gasteiger partial charge in [-0.3, -0.25) is 4.79 Å². The van der Waals surface area contributed by atoms with Crippen molar-refractivity contribution in [3.8, 4) is 0 Å². The molecule has 3 aliphatic rings. The second-order valence-corrected chi connectivity index (χ2v) is 10.1. The van der Waals surface area contributed by atoms with Crippen LogP contribution in [0.4, 0.5) is 23.0 Å². The summed E-state index contributed by atoms with van der Waals surface area (Å²) in [5.41, 5.74) is 3.57. The largest absolute Gasteiger partial charge is 0.368 e. The van der Waals surface area contributed by atoms with Crippen molar-refractivity contribution in [3.63, 3.8) is 0 Å². The number of piperazine rings is 1. The van der Waals surface area contributed by atoms with Crippen LogP contribution in [0.5, 0.6) is 0 Å². The van der Waals surface area contributed by atoms with Gasteiger partial charge in [-0.05, 0) is 56.8 Å². The number of nitrogens with one attached hydrogen (secondary N) is 2. The number of likely N-dealkylation sites (N-methyl/N-ethyl adjacent to an activating group) is 1. The summed E-state index contributed by atoms with van der Waals surface area (Å²) in [4.78, 5) is 26.7. The molecular formula is C25H33ClN6O. The summed E-state index contributed by atoms with van der Waals surface area (Å²) < 4.78 is 0. The molecule has 1 aromatic heterocycles. The Balaban J connectivity index is 1.27. The van der Waals surface area contributed by atoms with Gasteiger partial charge >= 0.3 is 0 Å². The molecule has 33 heavy (non-hydrogen) atoms. The average molecular weight is 469 g/mol. The molecule has 1 aliphatic carbocycles. The molecule has 0 radical (unpaired) electrons. The topological polar surface area (TPSA) is 73.4 Å². The maximum Gasteiger partial charge on any atom is 0.227 e. The maximum absolute atomic E-state index is 12.9. The fourth-order valence-corrected chi connectivity index (χ4v) is 5.73. The third-order valence-corrected chi connectivity index (χ3v) is 7.72. The van der Waals surface area contributed by atoms with Gasteiger partial charge in [0.25, 0.3) is 0 Å². The zero-order valence-electron chi connectivity index (χ0n) is 19.3. The van der Waals surface area contributed by atoms with Crippen LogP contribution in [-0.2, 0) is 11.2 Å². The number of aryl methyl sites for hydroxylation is 1. The van der Waals surface area contributed by atoms with Crippen LogP contribution in [0.15, 0.2) is 24.4 Å². The third kappa shape index (κ3) is 5.09. The van der Waals surface area contributed by atoms with E-state index in [1.165, 1.54) is 19.3 Å². The van der Waals surface area contributed by atoms with E-state index in [0.29, 0.717) is 11.9 Å². The first-order valence-electron chi connectivity index (χ1n) is 12.2. The number of rotatable bonds is 4. The summed E-state index contributed by atoms with van der Waals surface area (Å²) in [6.45, 7) is 4.03. The lowest BCUT2D eigenvalue weighted by Crippen LogP contribution is -2.44. The Morgan fingerprint density at radius 1 is 1.09 bits per heavy atom. The number of anilines is 4. The Morgan fingerprint density at radius 2 is 1.88 bits per heavy atom. The molecule has 1 saturated heterocycles. The van der Waals surface area contributed by atoms with Crippen molar-refractivity contribution < 1.29 is 4.79 Å². The van der Waals surface area contributed by atoms with E-state index in [0.717, 1.165) is 79.6 Å². The first kappa shape index (κ1) is 22.4. The number of fused-ring (bicyclic) bond motifs is 1. The summed E-state index contributed by atoms with van der Waals surface area (Å²) in [6, 6.07) is 6.02. The number of benzene rings is 1. The van der Waals surface area contributed by atoms with Crippen molar-refractivity contribution in [2.75, 3.05) is 48.8 Å². The number of carbonyl (C=O) groups excluding carboxylic acids is 1. The van der Waals surface area contributed by atoms with Gasteiger partial charge < -0.3 is 20.4 Å². The highest BCUT2D eigenvalue weighted by molar-refractivity contribution is 6.33. The first-order chi connectivity index (χ1) is 16.1. The number of amides is 1.